The van der Waals surface area contributed by atoms with E-state index in [2.05, 4.69) is 63.7 Å². The first kappa shape index (κ1) is 25.9. The summed E-state index contributed by atoms with van der Waals surface area (Å²) in [5, 5.41) is 23.0. The highest BCUT2D eigenvalue weighted by atomic mass is 16.4. The third-order valence-electron chi connectivity index (χ3n) is 7.42. The maximum atomic E-state index is 11.8. The molecule has 1 amide bonds. The fraction of sp³-hybridized carbons (Fsp3) is 0.448. The molecule has 0 radical (unpaired) electrons. The molecule has 9 heteroatoms. The number of piperidine rings is 1. The van der Waals surface area contributed by atoms with Crippen LogP contribution < -0.4 is 10.2 Å². The summed E-state index contributed by atoms with van der Waals surface area (Å²) in [6, 6.07) is 14.6. The van der Waals surface area contributed by atoms with E-state index in [0.29, 0.717) is 12.5 Å². The highest BCUT2D eigenvalue weighted by Gasteiger charge is 2.30. The summed E-state index contributed by atoms with van der Waals surface area (Å²) in [6.07, 6.45) is 3.05. The number of anilines is 1. The van der Waals surface area contributed by atoms with Crippen LogP contribution in [0.2, 0.25) is 0 Å². The zero-order chi connectivity index (χ0) is 26.9. The number of nitrogens with zero attached hydrogens (tertiary/aromatic N) is 6. The molecule has 0 unspecified atom stereocenters. The van der Waals surface area contributed by atoms with E-state index in [1.165, 1.54) is 5.56 Å². The van der Waals surface area contributed by atoms with Gasteiger partial charge >= 0.3 is 6.09 Å². The molecule has 1 fully saturated rings. The van der Waals surface area contributed by atoms with Crippen molar-refractivity contribution < 1.29 is 9.90 Å². The summed E-state index contributed by atoms with van der Waals surface area (Å²) in [6.45, 7) is 12.0. The molecule has 1 aliphatic heterocycles. The Kier molecular flexibility index (Phi) is 7.21. The summed E-state index contributed by atoms with van der Waals surface area (Å²) < 4.78 is 1.99. The Morgan fingerprint density at radius 3 is 2.63 bits per heavy atom. The highest BCUT2D eigenvalue weighted by Crippen LogP contribution is 2.32. The average molecular weight is 516 g/mol. The van der Waals surface area contributed by atoms with Crippen molar-refractivity contribution in [2.24, 2.45) is 5.92 Å². The Morgan fingerprint density at radius 2 is 1.92 bits per heavy atom. The van der Waals surface area contributed by atoms with Gasteiger partial charge in [0.25, 0.3) is 0 Å². The van der Waals surface area contributed by atoms with Crippen LogP contribution in [0.15, 0.2) is 48.7 Å². The molecule has 9 nitrogen and oxygen atoms in total. The van der Waals surface area contributed by atoms with Crippen molar-refractivity contribution in [2.75, 3.05) is 31.1 Å². The van der Waals surface area contributed by atoms with Crippen molar-refractivity contribution in [1.82, 2.24) is 29.8 Å². The Morgan fingerprint density at radius 1 is 1.13 bits per heavy atom. The monoisotopic (exact) mass is 515 g/mol. The third kappa shape index (κ3) is 5.29. The molecule has 0 atom stereocenters. The Balaban J connectivity index is 1.38. The molecule has 1 saturated heterocycles. The van der Waals surface area contributed by atoms with Gasteiger partial charge in [-0.25, -0.2) is 9.78 Å². The van der Waals surface area contributed by atoms with Gasteiger partial charge in [-0.15, -0.1) is 10.2 Å². The second kappa shape index (κ2) is 10.6. The number of nitrogens with one attached hydrogen (secondary N) is 1. The smallest absolute Gasteiger partial charge is 0.407 e. The molecule has 0 saturated carbocycles. The number of benzene rings is 1. The highest BCUT2D eigenvalue weighted by molar-refractivity contribution is 5.92. The SMILES string of the molecule is CCNCc1ccn2c(-c3ccc4cccc(N5CCC(CN(C(=O)O)C(C)(C)C)CC5)c4n3)nnc2c1. The number of rotatable bonds is 7. The predicted octanol–water partition coefficient (Wildman–Crippen LogP) is 5.05. The van der Waals surface area contributed by atoms with Crippen molar-refractivity contribution in [2.45, 2.75) is 52.6 Å². The van der Waals surface area contributed by atoms with Crippen molar-refractivity contribution >= 4 is 28.3 Å². The van der Waals surface area contributed by atoms with Gasteiger partial charge in [0, 0.05) is 43.3 Å². The van der Waals surface area contributed by atoms with Crippen LogP contribution in [0.5, 0.6) is 0 Å². The number of hydrogen-bond donors (Lipinski definition) is 2. The second-order valence-electron chi connectivity index (χ2n) is 11.1. The quantitative estimate of drug-likeness (QED) is 0.355. The Labute approximate surface area is 223 Å². The van der Waals surface area contributed by atoms with Crippen LogP contribution in [0.3, 0.4) is 0 Å². The minimum atomic E-state index is -0.847. The first-order valence-electron chi connectivity index (χ1n) is 13.4. The minimum Gasteiger partial charge on any atom is -0.465 e. The van der Waals surface area contributed by atoms with E-state index < -0.39 is 11.6 Å². The molecule has 0 bridgehead atoms. The van der Waals surface area contributed by atoms with Gasteiger partial charge in [0.1, 0.15) is 5.69 Å². The van der Waals surface area contributed by atoms with E-state index in [-0.39, 0.29) is 0 Å². The molecule has 38 heavy (non-hydrogen) atoms. The molecule has 200 valence electrons. The van der Waals surface area contributed by atoms with Crippen LogP contribution in [0.4, 0.5) is 10.5 Å². The average Bonchev–Trinajstić information content (AvgIpc) is 3.33. The van der Waals surface area contributed by atoms with Crippen molar-refractivity contribution in [3.05, 3.63) is 54.2 Å². The fourth-order valence-corrected chi connectivity index (χ4v) is 5.25. The number of aromatic nitrogens is 4. The molecule has 0 spiro atoms. The lowest BCUT2D eigenvalue weighted by Crippen LogP contribution is -2.49. The maximum Gasteiger partial charge on any atom is 0.407 e. The van der Waals surface area contributed by atoms with Crippen molar-refractivity contribution in [3.8, 4) is 11.5 Å². The molecule has 5 rings (SSSR count). The molecular formula is C29H37N7O2. The van der Waals surface area contributed by atoms with Crippen LogP contribution >= 0.6 is 0 Å². The van der Waals surface area contributed by atoms with E-state index in [1.807, 2.05) is 37.4 Å². The molecule has 2 N–H and O–H groups in total. The zero-order valence-corrected chi connectivity index (χ0v) is 22.7. The number of hydrogen-bond acceptors (Lipinski definition) is 6. The van der Waals surface area contributed by atoms with Gasteiger partial charge in [0.05, 0.1) is 11.2 Å². The first-order valence-corrected chi connectivity index (χ1v) is 13.4. The van der Waals surface area contributed by atoms with Crippen LogP contribution in [-0.4, -0.2) is 67.4 Å². The van der Waals surface area contributed by atoms with Gasteiger partial charge in [-0.05, 0) is 75.9 Å². The van der Waals surface area contributed by atoms with E-state index in [0.717, 1.165) is 72.8 Å². The van der Waals surface area contributed by atoms with Crippen LogP contribution in [0.25, 0.3) is 28.1 Å². The number of amides is 1. The standard InChI is InChI=1S/C29H37N7O2/c1-5-30-18-21-13-16-35-25(17-21)32-33-27(35)23-10-9-22-7-6-8-24(26(22)31-23)34-14-11-20(12-15-34)19-36(28(37)38)29(2,3)4/h6-10,13,16-17,20,30H,5,11-12,14-15,18-19H2,1-4H3,(H,37,38). The fourth-order valence-electron chi connectivity index (χ4n) is 5.25. The van der Waals surface area contributed by atoms with Gasteiger partial charge in [-0.1, -0.05) is 25.1 Å². The number of fused-ring (bicyclic) bond motifs is 2. The van der Waals surface area contributed by atoms with Crippen LogP contribution in [0, 0.1) is 5.92 Å². The molecule has 1 aliphatic rings. The molecule has 0 aliphatic carbocycles. The summed E-state index contributed by atoms with van der Waals surface area (Å²) >= 11 is 0. The maximum absolute atomic E-state index is 11.8. The Hall–Kier alpha value is -3.72. The summed E-state index contributed by atoms with van der Waals surface area (Å²) in [4.78, 5) is 20.8. The Bertz CT molecular complexity index is 1430. The van der Waals surface area contributed by atoms with E-state index in [9.17, 15) is 9.90 Å². The summed E-state index contributed by atoms with van der Waals surface area (Å²) in [7, 11) is 0. The first-order chi connectivity index (χ1) is 18.2. The van der Waals surface area contributed by atoms with Crippen molar-refractivity contribution in [3.63, 3.8) is 0 Å². The number of para-hydroxylation sites is 1. The normalized spacial score (nSPS) is 14.9. The van der Waals surface area contributed by atoms with Gasteiger partial charge in [0.2, 0.25) is 0 Å². The number of carboxylic acid groups (broad SMARTS) is 1. The van der Waals surface area contributed by atoms with Crippen molar-refractivity contribution in [1.29, 1.82) is 0 Å². The van der Waals surface area contributed by atoms with Crippen LogP contribution in [0.1, 0.15) is 46.1 Å². The molecule has 3 aromatic heterocycles. The molecular weight excluding hydrogens is 478 g/mol. The third-order valence-corrected chi connectivity index (χ3v) is 7.42. The topological polar surface area (TPSA) is 98.9 Å². The summed E-state index contributed by atoms with van der Waals surface area (Å²) in [5.74, 6) is 1.07. The molecule has 4 aromatic rings. The molecule has 4 heterocycles. The van der Waals surface area contributed by atoms with E-state index in [1.54, 1.807) is 4.90 Å². The lowest BCUT2D eigenvalue weighted by Gasteiger charge is -2.39. The molecule has 1 aromatic carbocycles. The number of carbonyl (C=O) groups is 1. The lowest BCUT2D eigenvalue weighted by molar-refractivity contribution is 0.0852. The largest absolute Gasteiger partial charge is 0.465 e. The van der Waals surface area contributed by atoms with E-state index >= 15 is 0 Å². The van der Waals surface area contributed by atoms with E-state index in [4.69, 9.17) is 4.98 Å². The number of pyridine rings is 2. The minimum absolute atomic E-state index is 0.347. The van der Waals surface area contributed by atoms with Gasteiger partial charge in [-0.3, -0.25) is 4.40 Å². The van der Waals surface area contributed by atoms with Gasteiger partial charge in [-0.2, -0.15) is 0 Å². The van der Waals surface area contributed by atoms with Gasteiger partial charge in [0.15, 0.2) is 11.5 Å². The second-order valence-corrected chi connectivity index (χ2v) is 11.1. The van der Waals surface area contributed by atoms with Gasteiger partial charge < -0.3 is 20.2 Å². The summed E-state index contributed by atoms with van der Waals surface area (Å²) in [5.41, 5.74) is 4.41. The predicted molar refractivity (Wildman–Crippen MR) is 151 cm³/mol. The zero-order valence-electron chi connectivity index (χ0n) is 22.7. The van der Waals surface area contributed by atoms with Crippen LogP contribution in [-0.2, 0) is 6.54 Å². The lowest BCUT2D eigenvalue weighted by atomic mass is 9.93.